The fourth-order valence-electron chi connectivity index (χ4n) is 3.95. The molecule has 1 saturated carbocycles. The molecule has 4 nitrogen and oxygen atoms in total. The van der Waals surface area contributed by atoms with Gasteiger partial charge in [0.05, 0.1) is 6.54 Å². The van der Waals surface area contributed by atoms with E-state index in [9.17, 15) is 4.79 Å². The molecule has 0 aromatic heterocycles. The molecule has 1 amide bonds. The Balaban J connectivity index is 1.76. The molecule has 1 aliphatic heterocycles. The molecule has 2 aliphatic rings. The predicted octanol–water partition coefficient (Wildman–Crippen LogP) is 2.02. The van der Waals surface area contributed by atoms with Crippen LogP contribution in [-0.2, 0) is 4.79 Å². The van der Waals surface area contributed by atoms with Gasteiger partial charge in [0, 0.05) is 19.2 Å². The third kappa shape index (κ3) is 4.96. The van der Waals surface area contributed by atoms with Gasteiger partial charge in [-0.1, -0.05) is 26.7 Å². The van der Waals surface area contributed by atoms with E-state index in [1.807, 2.05) is 0 Å². The minimum atomic E-state index is 0.186. The maximum atomic E-state index is 12.3. The van der Waals surface area contributed by atoms with Crippen LogP contribution in [0.3, 0.4) is 0 Å². The van der Waals surface area contributed by atoms with E-state index in [1.165, 1.54) is 19.3 Å². The standard InChI is InChI=1S/C17H32N2O2/c1-13-5-3-7-16(14(13)2)18-17(21)12-19-9-4-6-15(11-19)8-10-20/h13-16,20H,3-12H2,1-2H3,(H,18,21). The van der Waals surface area contributed by atoms with Gasteiger partial charge in [0.1, 0.15) is 0 Å². The van der Waals surface area contributed by atoms with Crippen LogP contribution in [0.5, 0.6) is 0 Å². The second-order valence-corrected chi connectivity index (χ2v) is 7.20. The Morgan fingerprint density at radius 1 is 1.24 bits per heavy atom. The summed E-state index contributed by atoms with van der Waals surface area (Å²) in [7, 11) is 0. The van der Waals surface area contributed by atoms with Crippen molar-refractivity contribution in [2.24, 2.45) is 17.8 Å². The van der Waals surface area contributed by atoms with Gasteiger partial charge in [-0.2, -0.15) is 0 Å². The zero-order valence-electron chi connectivity index (χ0n) is 13.7. The monoisotopic (exact) mass is 296 g/mol. The van der Waals surface area contributed by atoms with Crippen LogP contribution in [0.4, 0.5) is 0 Å². The Morgan fingerprint density at radius 2 is 2.05 bits per heavy atom. The summed E-state index contributed by atoms with van der Waals surface area (Å²) in [5, 5.41) is 12.3. The smallest absolute Gasteiger partial charge is 0.234 e. The van der Waals surface area contributed by atoms with Gasteiger partial charge < -0.3 is 10.4 Å². The number of carbonyl (C=O) groups is 1. The first kappa shape index (κ1) is 16.8. The lowest BCUT2D eigenvalue weighted by atomic mass is 9.78. The average Bonchev–Trinajstić information content (AvgIpc) is 2.44. The van der Waals surface area contributed by atoms with E-state index in [4.69, 9.17) is 5.11 Å². The number of nitrogens with one attached hydrogen (secondary N) is 1. The molecule has 2 fully saturated rings. The highest BCUT2D eigenvalue weighted by Crippen LogP contribution is 2.29. The number of piperidine rings is 1. The van der Waals surface area contributed by atoms with Crippen LogP contribution in [0.1, 0.15) is 52.4 Å². The first-order chi connectivity index (χ1) is 10.1. The van der Waals surface area contributed by atoms with Gasteiger partial charge >= 0.3 is 0 Å². The van der Waals surface area contributed by atoms with Crippen molar-refractivity contribution >= 4 is 5.91 Å². The van der Waals surface area contributed by atoms with Gasteiger partial charge in [-0.15, -0.1) is 0 Å². The summed E-state index contributed by atoms with van der Waals surface area (Å²) in [5.74, 6) is 2.05. The van der Waals surface area contributed by atoms with Crippen molar-refractivity contribution in [2.75, 3.05) is 26.2 Å². The van der Waals surface area contributed by atoms with Gasteiger partial charge in [-0.3, -0.25) is 9.69 Å². The van der Waals surface area contributed by atoms with Gasteiger partial charge in [-0.05, 0) is 50.0 Å². The maximum Gasteiger partial charge on any atom is 0.234 e. The molecule has 2 N–H and O–H groups in total. The van der Waals surface area contributed by atoms with E-state index < -0.39 is 0 Å². The van der Waals surface area contributed by atoms with E-state index >= 15 is 0 Å². The molecule has 122 valence electrons. The normalized spacial score (nSPS) is 34.6. The third-order valence-electron chi connectivity index (χ3n) is 5.56. The summed E-state index contributed by atoms with van der Waals surface area (Å²) in [6.07, 6.45) is 6.87. The maximum absolute atomic E-state index is 12.3. The van der Waals surface area contributed by atoms with Crippen molar-refractivity contribution in [3.63, 3.8) is 0 Å². The molecule has 4 heteroatoms. The third-order valence-corrected chi connectivity index (χ3v) is 5.56. The van der Waals surface area contributed by atoms with Crippen molar-refractivity contribution in [3.8, 4) is 0 Å². The fraction of sp³-hybridized carbons (Fsp3) is 0.941. The highest BCUT2D eigenvalue weighted by molar-refractivity contribution is 5.78. The number of aliphatic hydroxyl groups is 1. The van der Waals surface area contributed by atoms with E-state index in [-0.39, 0.29) is 12.5 Å². The lowest BCUT2D eigenvalue weighted by Crippen LogP contribution is -2.48. The Hall–Kier alpha value is -0.610. The van der Waals surface area contributed by atoms with Crippen molar-refractivity contribution < 1.29 is 9.90 Å². The summed E-state index contributed by atoms with van der Waals surface area (Å²) in [5.41, 5.74) is 0. The number of hydrogen-bond donors (Lipinski definition) is 2. The molecular weight excluding hydrogens is 264 g/mol. The van der Waals surface area contributed by atoms with Crippen LogP contribution < -0.4 is 5.32 Å². The lowest BCUT2D eigenvalue weighted by Gasteiger charge is -2.36. The number of nitrogens with zero attached hydrogens (tertiary/aromatic N) is 1. The number of carbonyl (C=O) groups excluding carboxylic acids is 1. The lowest BCUT2D eigenvalue weighted by molar-refractivity contribution is -0.124. The van der Waals surface area contributed by atoms with Crippen molar-refractivity contribution in [3.05, 3.63) is 0 Å². The second-order valence-electron chi connectivity index (χ2n) is 7.20. The SMILES string of the molecule is CC1CCCC(NC(=O)CN2CCCC(CCO)C2)C1C. The van der Waals surface area contributed by atoms with Crippen molar-refractivity contribution in [1.82, 2.24) is 10.2 Å². The molecule has 1 heterocycles. The van der Waals surface area contributed by atoms with Gasteiger partial charge in [-0.25, -0.2) is 0 Å². The van der Waals surface area contributed by atoms with E-state index in [0.29, 0.717) is 30.3 Å². The summed E-state index contributed by atoms with van der Waals surface area (Å²) >= 11 is 0. The topological polar surface area (TPSA) is 52.6 Å². The first-order valence-corrected chi connectivity index (χ1v) is 8.72. The largest absolute Gasteiger partial charge is 0.396 e. The van der Waals surface area contributed by atoms with Crippen LogP contribution in [0.2, 0.25) is 0 Å². The molecule has 2 rings (SSSR count). The van der Waals surface area contributed by atoms with Crippen molar-refractivity contribution in [1.29, 1.82) is 0 Å². The van der Waals surface area contributed by atoms with Gasteiger partial charge in [0.25, 0.3) is 0 Å². The summed E-state index contributed by atoms with van der Waals surface area (Å²) in [6, 6.07) is 0.360. The Bertz CT molecular complexity index is 333. The minimum Gasteiger partial charge on any atom is -0.396 e. The van der Waals surface area contributed by atoms with Crippen molar-refractivity contribution in [2.45, 2.75) is 58.4 Å². The number of aliphatic hydroxyl groups excluding tert-OH is 1. The summed E-state index contributed by atoms with van der Waals surface area (Å²) < 4.78 is 0. The quantitative estimate of drug-likeness (QED) is 0.816. The molecule has 21 heavy (non-hydrogen) atoms. The number of hydrogen-bond acceptors (Lipinski definition) is 3. The molecule has 0 radical (unpaired) electrons. The first-order valence-electron chi connectivity index (χ1n) is 8.72. The molecule has 0 spiro atoms. The highest BCUT2D eigenvalue weighted by atomic mass is 16.3. The molecule has 4 atom stereocenters. The zero-order chi connectivity index (χ0) is 15.2. The molecule has 1 saturated heterocycles. The summed E-state index contributed by atoms with van der Waals surface area (Å²) in [6.45, 7) is 7.35. The van der Waals surface area contributed by atoms with Crippen LogP contribution in [0, 0.1) is 17.8 Å². The molecule has 1 aliphatic carbocycles. The summed E-state index contributed by atoms with van der Waals surface area (Å²) in [4.78, 5) is 14.6. The molecule has 0 aromatic carbocycles. The second kappa shape index (κ2) is 8.14. The number of likely N-dealkylation sites (tertiary alicyclic amines) is 1. The Labute approximate surface area is 129 Å². The Morgan fingerprint density at radius 3 is 2.81 bits per heavy atom. The molecule has 0 aromatic rings. The molecular formula is C17H32N2O2. The average molecular weight is 296 g/mol. The van der Waals surface area contributed by atoms with Crippen LogP contribution in [-0.4, -0.2) is 48.2 Å². The van der Waals surface area contributed by atoms with Gasteiger partial charge in [0.2, 0.25) is 5.91 Å². The van der Waals surface area contributed by atoms with E-state index in [2.05, 4.69) is 24.1 Å². The number of rotatable bonds is 5. The Kier molecular flexibility index (Phi) is 6.49. The van der Waals surface area contributed by atoms with Crippen LogP contribution in [0.25, 0.3) is 0 Å². The van der Waals surface area contributed by atoms with Crippen LogP contribution in [0.15, 0.2) is 0 Å². The molecule has 4 unspecified atom stereocenters. The highest BCUT2D eigenvalue weighted by Gasteiger charge is 2.29. The van der Waals surface area contributed by atoms with E-state index in [0.717, 1.165) is 32.4 Å². The molecule has 0 bridgehead atoms. The number of amides is 1. The predicted molar refractivity (Wildman–Crippen MR) is 85.0 cm³/mol. The van der Waals surface area contributed by atoms with E-state index in [1.54, 1.807) is 0 Å². The van der Waals surface area contributed by atoms with Gasteiger partial charge in [0.15, 0.2) is 0 Å². The van der Waals surface area contributed by atoms with Crippen LogP contribution >= 0.6 is 0 Å². The minimum absolute atomic E-state index is 0.186. The zero-order valence-corrected chi connectivity index (χ0v) is 13.7. The fourth-order valence-corrected chi connectivity index (χ4v) is 3.95.